The molecule has 126 valence electrons. The van der Waals surface area contributed by atoms with Crippen molar-refractivity contribution in [2.24, 2.45) is 5.92 Å². The van der Waals surface area contributed by atoms with Crippen molar-refractivity contribution in [3.8, 4) is 0 Å². The Balaban J connectivity index is 1.80. The van der Waals surface area contributed by atoms with Crippen molar-refractivity contribution in [1.29, 1.82) is 0 Å². The van der Waals surface area contributed by atoms with E-state index in [0.717, 1.165) is 23.8 Å². The molecular weight excluding hydrogens is 294 g/mol. The summed E-state index contributed by atoms with van der Waals surface area (Å²) < 4.78 is 5.67. The summed E-state index contributed by atoms with van der Waals surface area (Å²) in [7, 11) is 0. The first-order valence-electron chi connectivity index (χ1n) is 8.10. The van der Waals surface area contributed by atoms with Crippen molar-refractivity contribution in [3.05, 3.63) is 29.8 Å². The van der Waals surface area contributed by atoms with Gasteiger partial charge in [-0.2, -0.15) is 0 Å². The van der Waals surface area contributed by atoms with E-state index in [-0.39, 0.29) is 5.91 Å². The van der Waals surface area contributed by atoms with Crippen LogP contribution in [0.1, 0.15) is 32.3 Å². The Morgan fingerprint density at radius 2 is 2.13 bits per heavy atom. The van der Waals surface area contributed by atoms with Gasteiger partial charge in [-0.15, -0.1) is 0 Å². The van der Waals surface area contributed by atoms with Gasteiger partial charge in [0, 0.05) is 18.8 Å². The minimum Gasteiger partial charge on any atom is -0.376 e. The topological polar surface area (TPSA) is 79.5 Å². The highest BCUT2D eigenvalue weighted by atomic mass is 16.5. The molecule has 3 N–H and O–H groups in total. The standard InChI is InChI=1S/C17H25N3O3/c1-3-18-17(22)20-16(21)12(2)19-15-6-4-5-14(9-15)11-23-10-13-7-8-13/h4-6,9,12-13,19H,3,7-8,10-11H2,1-2H3,(H2,18,20,21,22)/t12-/m0/s1. The molecule has 1 aliphatic rings. The first-order valence-corrected chi connectivity index (χ1v) is 8.10. The lowest BCUT2D eigenvalue weighted by Gasteiger charge is -2.15. The molecule has 0 bridgehead atoms. The Morgan fingerprint density at radius 1 is 1.35 bits per heavy atom. The number of carbonyl (C=O) groups is 2. The third-order valence-corrected chi connectivity index (χ3v) is 3.60. The van der Waals surface area contributed by atoms with Crippen molar-refractivity contribution in [2.45, 2.75) is 39.3 Å². The van der Waals surface area contributed by atoms with Gasteiger partial charge in [-0.25, -0.2) is 4.79 Å². The molecule has 1 aromatic rings. The van der Waals surface area contributed by atoms with Crippen LogP contribution in [0.4, 0.5) is 10.5 Å². The van der Waals surface area contributed by atoms with E-state index in [1.165, 1.54) is 12.8 Å². The number of urea groups is 1. The predicted octanol–water partition coefficient (Wildman–Crippen LogP) is 2.26. The maximum Gasteiger partial charge on any atom is 0.321 e. The second-order valence-corrected chi connectivity index (χ2v) is 5.87. The molecule has 0 aliphatic heterocycles. The third-order valence-electron chi connectivity index (χ3n) is 3.60. The van der Waals surface area contributed by atoms with Crippen LogP contribution in [-0.2, 0) is 16.1 Å². The van der Waals surface area contributed by atoms with Gasteiger partial charge in [0.1, 0.15) is 6.04 Å². The minimum absolute atomic E-state index is 0.369. The molecule has 1 saturated carbocycles. The molecule has 2 rings (SSSR count). The number of anilines is 1. The lowest BCUT2D eigenvalue weighted by molar-refractivity contribution is -0.120. The van der Waals surface area contributed by atoms with Crippen molar-refractivity contribution in [2.75, 3.05) is 18.5 Å². The zero-order valence-electron chi connectivity index (χ0n) is 13.7. The molecule has 0 unspecified atom stereocenters. The molecule has 1 aliphatic carbocycles. The van der Waals surface area contributed by atoms with Crippen LogP contribution in [0.25, 0.3) is 0 Å². The van der Waals surface area contributed by atoms with Gasteiger partial charge in [0.25, 0.3) is 0 Å². The monoisotopic (exact) mass is 319 g/mol. The number of hydrogen-bond acceptors (Lipinski definition) is 4. The van der Waals surface area contributed by atoms with Crippen LogP contribution in [0.5, 0.6) is 0 Å². The molecule has 6 nitrogen and oxygen atoms in total. The van der Waals surface area contributed by atoms with Crippen LogP contribution in [0.2, 0.25) is 0 Å². The Morgan fingerprint density at radius 3 is 2.83 bits per heavy atom. The average Bonchev–Trinajstić information content (AvgIpc) is 3.32. The van der Waals surface area contributed by atoms with Gasteiger partial charge in [-0.3, -0.25) is 10.1 Å². The second kappa shape index (κ2) is 8.53. The fourth-order valence-corrected chi connectivity index (χ4v) is 2.12. The number of hydrogen-bond donors (Lipinski definition) is 3. The van der Waals surface area contributed by atoms with Crippen LogP contribution >= 0.6 is 0 Å². The highest BCUT2D eigenvalue weighted by Crippen LogP contribution is 2.29. The highest BCUT2D eigenvalue weighted by molar-refractivity contribution is 5.97. The van der Waals surface area contributed by atoms with Crippen molar-refractivity contribution in [3.63, 3.8) is 0 Å². The first-order chi connectivity index (χ1) is 11.1. The largest absolute Gasteiger partial charge is 0.376 e. The fourth-order valence-electron chi connectivity index (χ4n) is 2.12. The van der Waals surface area contributed by atoms with E-state index in [1.54, 1.807) is 13.8 Å². The Kier molecular flexibility index (Phi) is 6.40. The summed E-state index contributed by atoms with van der Waals surface area (Å²) >= 11 is 0. The summed E-state index contributed by atoms with van der Waals surface area (Å²) in [5.41, 5.74) is 1.89. The van der Waals surface area contributed by atoms with Gasteiger partial charge in [0.15, 0.2) is 0 Å². The number of imide groups is 1. The molecule has 1 atom stereocenters. The van der Waals surface area contributed by atoms with Gasteiger partial charge in [0.2, 0.25) is 5.91 Å². The third kappa shape index (κ3) is 6.28. The summed E-state index contributed by atoms with van der Waals surface area (Å²) in [4.78, 5) is 23.3. The first kappa shape index (κ1) is 17.3. The second-order valence-electron chi connectivity index (χ2n) is 5.87. The summed E-state index contributed by atoms with van der Waals surface area (Å²) in [5.74, 6) is 0.376. The Bertz CT molecular complexity index is 544. The van der Waals surface area contributed by atoms with E-state index >= 15 is 0 Å². The lowest BCUT2D eigenvalue weighted by atomic mass is 10.2. The maximum absolute atomic E-state index is 11.9. The number of benzene rings is 1. The molecule has 1 fully saturated rings. The summed E-state index contributed by atoms with van der Waals surface area (Å²) in [5, 5.41) is 7.91. The number of rotatable bonds is 8. The number of ether oxygens (including phenoxy) is 1. The van der Waals surface area contributed by atoms with Crippen LogP contribution in [0, 0.1) is 5.92 Å². The highest BCUT2D eigenvalue weighted by Gasteiger charge is 2.21. The normalized spacial score (nSPS) is 14.9. The van der Waals surface area contributed by atoms with Crippen LogP contribution < -0.4 is 16.0 Å². The molecule has 0 radical (unpaired) electrons. The maximum atomic E-state index is 11.9. The molecule has 6 heteroatoms. The zero-order valence-corrected chi connectivity index (χ0v) is 13.7. The van der Waals surface area contributed by atoms with E-state index in [0.29, 0.717) is 13.2 Å². The van der Waals surface area contributed by atoms with Gasteiger partial charge < -0.3 is 15.4 Å². The molecule has 0 heterocycles. The van der Waals surface area contributed by atoms with Crippen molar-refractivity contribution < 1.29 is 14.3 Å². The fraction of sp³-hybridized carbons (Fsp3) is 0.529. The predicted molar refractivity (Wildman–Crippen MR) is 89.1 cm³/mol. The summed E-state index contributed by atoms with van der Waals surface area (Å²) in [6.45, 7) is 5.38. The van der Waals surface area contributed by atoms with E-state index in [4.69, 9.17) is 4.74 Å². The molecule has 0 saturated heterocycles. The molecule has 23 heavy (non-hydrogen) atoms. The van der Waals surface area contributed by atoms with E-state index in [1.807, 2.05) is 24.3 Å². The smallest absolute Gasteiger partial charge is 0.321 e. The quantitative estimate of drug-likeness (QED) is 0.687. The average molecular weight is 319 g/mol. The van der Waals surface area contributed by atoms with Crippen LogP contribution in [-0.4, -0.2) is 31.1 Å². The van der Waals surface area contributed by atoms with Crippen molar-refractivity contribution >= 4 is 17.6 Å². The van der Waals surface area contributed by atoms with Crippen LogP contribution in [0.3, 0.4) is 0 Å². The zero-order chi connectivity index (χ0) is 16.7. The molecule has 0 spiro atoms. The van der Waals surface area contributed by atoms with E-state index in [2.05, 4.69) is 16.0 Å². The molecule has 3 amide bonds. The van der Waals surface area contributed by atoms with Gasteiger partial charge in [-0.1, -0.05) is 12.1 Å². The van der Waals surface area contributed by atoms with Crippen molar-refractivity contribution in [1.82, 2.24) is 10.6 Å². The lowest BCUT2D eigenvalue weighted by Crippen LogP contribution is -2.45. The molecule has 0 aromatic heterocycles. The molecular formula is C17H25N3O3. The van der Waals surface area contributed by atoms with Gasteiger partial charge >= 0.3 is 6.03 Å². The Labute approximate surface area is 137 Å². The van der Waals surface area contributed by atoms with E-state index < -0.39 is 12.1 Å². The number of nitrogens with one attached hydrogen (secondary N) is 3. The Hall–Kier alpha value is -2.08. The minimum atomic E-state index is -0.514. The number of carbonyl (C=O) groups excluding carboxylic acids is 2. The SMILES string of the molecule is CCNC(=O)NC(=O)[C@H](C)Nc1cccc(COCC2CC2)c1. The summed E-state index contributed by atoms with van der Waals surface area (Å²) in [6.07, 6.45) is 2.56. The van der Waals surface area contributed by atoms with Crippen LogP contribution in [0.15, 0.2) is 24.3 Å². The van der Waals surface area contributed by atoms with E-state index in [9.17, 15) is 9.59 Å². The summed E-state index contributed by atoms with van der Waals surface area (Å²) in [6, 6.07) is 6.78. The number of amides is 3. The van der Waals surface area contributed by atoms with Gasteiger partial charge in [-0.05, 0) is 50.3 Å². The van der Waals surface area contributed by atoms with Gasteiger partial charge in [0.05, 0.1) is 6.61 Å². The molecule has 1 aromatic carbocycles.